The van der Waals surface area contributed by atoms with Gasteiger partial charge >= 0.3 is 0 Å². The van der Waals surface area contributed by atoms with Crippen LogP contribution in [-0.4, -0.2) is 30.9 Å². The van der Waals surface area contributed by atoms with Crippen LogP contribution in [0.25, 0.3) is 11.4 Å². The van der Waals surface area contributed by atoms with Gasteiger partial charge in [0.25, 0.3) is 5.91 Å². The van der Waals surface area contributed by atoms with Gasteiger partial charge in [-0.05, 0) is 45.7 Å². The van der Waals surface area contributed by atoms with Crippen molar-refractivity contribution in [3.05, 3.63) is 47.5 Å². The van der Waals surface area contributed by atoms with Crippen LogP contribution in [-0.2, 0) is 0 Å². The number of H-pyrrole nitrogens is 1. The largest absolute Gasteiger partial charge is 0.322 e. The van der Waals surface area contributed by atoms with Gasteiger partial charge in [-0.1, -0.05) is 12.1 Å². The van der Waals surface area contributed by atoms with Gasteiger partial charge in [0.1, 0.15) is 5.82 Å². The Morgan fingerprint density at radius 1 is 1.35 bits per heavy atom. The number of nitrogens with zero attached hydrogens (tertiary/aromatic N) is 4. The maximum absolute atomic E-state index is 12.6. The minimum Gasteiger partial charge on any atom is -0.322 e. The second-order valence-corrected chi connectivity index (χ2v) is 7.04. The van der Waals surface area contributed by atoms with Crippen molar-refractivity contribution in [1.82, 2.24) is 25.0 Å². The average molecular weight is 350 g/mol. The lowest BCUT2D eigenvalue weighted by atomic mass is 10.1. The fourth-order valence-corrected chi connectivity index (χ4v) is 3.04. The van der Waals surface area contributed by atoms with E-state index in [4.69, 9.17) is 0 Å². The first-order valence-electron chi connectivity index (χ1n) is 8.91. The molecule has 4 rings (SSSR count). The number of hydrogen-bond acceptors (Lipinski definition) is 4. The molecule has 0 aliphatic heterocycles. The summed E-state index contributed by atoms with van der Waals surface area (Å²) < 4.78 is 1.85. The summed E-state index contributed by atoms with van der Waals surface area (Å²) in [5.74, 6) is 1.97. The number of carbonyl (C=O) groups is 1. The molecule has 0 unspecified atom stereocenters. The summed E-state index contributed by atoms with van der Waals surface area (Å²) >= 11 is 0. The number of amides is 1. The third-order valence-electron chi connectivity index (χ3n) is 4.62. The van der Waals surface area contributed by atoms with Gasteiger partial charge in [-0.25, -0.2) is 4.98 Å². The lowest BCUT2D eigenvalue weighted by molar-refractivity contribution is 0.102. The second kappa shape index (κ2) is 6.40. The Morgan fingerprint density at radius 2 is 2.15 bits per heavy atom. The summed E-state index contributed by atoms with van der Waals surface area (Å²) in [4.78, 5) is 17.2. The van der Waals surface area contributed by atoms with Crippen LogP contribution in [0.3, 0.4) is 0 Å². The second-order valence-electron chi connectivity index (χ2n) is 7.04. The van der Waals surface area contributed by atoms with Gasteiger partial charge < -0.3 is 5.32 Å². The number of rotatable bonds is 5. The monoisotopic (exact) mass is 350 g/mol. The maximum atomic E-state index is 12.6. The number of aromatic amines is 1. The van der Waals surface area contributed by atoms with Crippen LogP contribution in [0.5, 0.6) is 0 Å². The van der Waals surface area contributed by atoms with Crippen LogP contribution < -0.4 is 5.32 Å². The molecule has 134 valence electrons. The minimum atomic E-state index is -0.166. The Balaban J connectivity index is 1.54. The fraction of sp³-hybridized carbons (Fsp3) is 0.368. The molecule has 1 aliphatic rings. The van der Waals surface area contributed by atoms with Crippen molar-refractivity contribution in [2.45, 2.75) is 45.6 Å². The van der Waals surface area contributed by atoms with E-state index in [0.717, 1.165) is 17.1 Å². The van der Waals surface area contributed by atoms with E-state index in [2.05, 4.69) is 25.6 Å². The van der Waals surface area contributed by atoms with Crippen molar-refractivity contribution in [3.8, 4) is 11.4 Å². The summed E-state index contributed by atoms with van der Waals surface area (Å²) in [5, 5.41) is 14.6. The van der Waals surface area contributed by atoms with Gasteiger partial charge in [0.2, 0.25) is 0 Å². The molecule has 0 bridgehead atoms. The predicted molar refractivity (Wildman–Crippen MR) is 99.1 cm³/mol. The smallest absolute Gasteiger partial charge is 0.259 e. The number of carbonyl (C=O) groups excluding carboxylic acids is 1. The molecule has 7 nitrogen and oxygen atoms in total. The van der Waals surface area contributed by atoms with E-state index < -0.39 is 0 Å². The van der Waals surface area contributed by atoms with Crippen molar-refractivity contribution in [3.63, 3.8) is 0 Å². The highest BCUT2D eigenvalue weighted by Gasteiger charge is 2.27. The zero-order valence-electron chi connectivity index (χ0n) is 15.2. The van der Waals surface area contributed by atoms with Crippen LogP contribution in [0.4, 0.5) is 5.69 Å². The highest BCUT2D eigenvalue weighted by Crippen LogP contribution is 2.38. The minimum absolute atomic E-state index is 0.166. The molecule has 1 fully saturated rings. The summed E-state index contributed by atoms with van der Waals surface area (Å²) in [6.45, 7) is 5.99. The summed E-state index contributed by atoms with van der Waals surface area (Å²) in [5.41, 5.74) is 3.03. The van der Waals surface area contributed by atoms with Crippen LogP contribution in [0, 0.1) is 6.92 Å². The lowest BCUT2D eigenvalue weighted by Crippen LogP contribution is -2.14. The number of anilines is 1. The number of nitrogens with one attached hydrogen (secondary N) is 2. The molecule has 0 radical (unpaired) electrons. The van der Waals surface area contributed by atoms with Crippen molar-refractivity contribution < 1.29 is 4.79 Å². The van der Waals surface area contributed by atoms with Gasteiger partial charge in [-0.15, -0.1) is 0 Å². The number of benzene rings is 1. The Kier molecular flexibility index (Phi) is 4.06. The first-order chi connectivity index (χ1) is 12.5. The molecule has 0 saturated heterocycles. The van der Waals surface area contributed by atoms with Gasteiger partial charge in [-0.3, -0.25) is 14.6 Å². The zero-order chi connectivity index (χ0) is 18.3. The number of hydrogen-bond donors (Lipinski definition) is 2. The average Bonchev–Trinajstić information content (AvgIpc) is 3.21. The molecule has 2 heterocycles. The molecule has 3 aromatic rings. The van der Waals surface area contributed by atoms with E-state index >= 15 is 0 Å². The molecule has 1 amide bonds. The summed E-state index contributed by atoms with van der Waals surface area (Å²) in [6, 6.07) is 7.80. The lowest BCUT2D eigenvalue weighted by Gasteiger charge is -2.09. The molecule has 0 spiro atoms. The van der Waals surface area contributed by atoms with Crippen molar-refractivity contribution >= 4 is 11.6 Å². The van der Waals surface area contributed by atoms with E-state index in [-0.39, 0.29) is 11.9 Å². The van der Waals surface area contributed by atoms with Gasteiger partial charge in [0.05, 0.1) is 11.8 Å². The first-order valence-corrected chi connectivity index (χ1v) is 8.91. The van der Waals surface area contributed by atoms with Crippen LogP contribution in [0.15, 0.2) is 30.5 Å². The molecule has 1 aromatic carbocycles. The molecule has 2 aromatic heterocycles. The van der Waals surface area contributed by atoms with Crippen molar-refractivity contribution in [1.29, 1.82) is 0 Å². The van der Waals surface area contributed by atoms with E-state index in [9.17, 15) is 4.79 Å². The SMILES string of the molecule is Cc1c(C(=O)Nc2cccc(-c3n[nH]c(C4CC4)n3)c2)cnn1C(C)C. The molecule has 2 N–H and O–H groups in total. The normalized spacial score (nSPS) is 14.0. The highest BCUT2D eigenvalue weighted by molar-refractivity contribution is 6.05. The number of aromatic nitrogens is 5. The fourth-order valence-electron chi connectivity index (χ4n) is 3.04. The molecule has 1 saturated carbocycles. The predicted octanol–water partition coefficient (Wildman–Crippen LogP) is 3.69. The molecule has 0 atom stereocenters. The van der Waals surface area contributed by atoms with Gasteiger partial charge in [0, 0.05) is 28.9 Å². The van der Waals surface area contributed by atoms with Crippen LogP contribution >= 0.6 is 0 Å². The third-order valence-corrected chi connectivity index (χ3v) is 4.62. The molecule has 7 heteroatoms. The standard InChI is InChI=1S/C19H22N6O/c1-11(2)25-12(3)16(10-20-25)19(26)21-15-6-4-5-14(9-15)18-22-17(23-24-18)13-7-8-13/h4-6,9-11,13H,7-8H2,1-3H3,(H,21,26)(H,22,23,24). The van der Waals surface area contributed by atoms with Crippen molar-refractivity contribution in [2.75, 3.05) is 5.32 Å². The molecule has 1 aliphatic carbocycles. The Hall–Kier alpha value is -2.96. The van der Waals surface area contributed by atoms with Gasteiger partial charge in [-0.2, -0.15) is 10.2 Å². The Bertz CT molecular complexity index is 951. The Morgan fingerprint density at radius 3 is 2.85 bits per heavy atom. The van der Waals surface area contributed by atoms with Crippen LogP contribution in [0.1, 0.15) is 60.5 Å². The van der Waals surface area contributed by atoms with Crippen molar-refractivity contribution in [2.24, 2.45) is 0 Å². The van der Waals surface area contributed by atoms with E-state index in [1.165, 1.54) is 12.8 Å². The topological polar surface area (TPSA) is 88.5 Å². The highest BCUT2D eigenvalue weighted by atomic mass is 16.1. The van der Waals surface area contributed by atoms with E-state index in [1.54, 1.807) is 6.20 Å². The van der Waals surface area contributed by atoms with Gasteiger partial charge in [0.15, 0.2) is 5.82 Å². The zero-order valence-corrected chi connectivity index (χ0v) is 15.2. The molecule has 26 heavy (non-hydrogen) atoms. The summed E-state index contributed by atoms with van der Waals surface area (Å²) in [6.07, 6.45) is 3.97. The molecular weight excluding hydrogens is 328 g/mol. The Labute approximate surface area is 151 Å². The maximum Gasteiger partial charge on any atom is 0.259 e. The first kappa shape index (κ1) is 16.5. The third kappa shape index (κ3) is 3.12. The summed E-state index contributed by atoms with van der Waals surface area (Å²) in [7, 11) is 0. The van der Waals surface area contributed by atoms with E-state index in [0.29, 0.717) is 23.0 Å². The quantitative estimate of drug-likeness (QED) is 0.734. The van der Waals surface area contributed by atoms with Crippen LogP contribution in [0.2, 0.25) is 0 Å². The molecular formula is C19H22N6O. The van der Waals surface area contributed by atoms with E-state index in [1.807, 2.05) is 49.7 Å².